The van der Waals surface area contributed by atoms with Crippen LogP contribution in [0.3, 0.4) is 0 Å². The molecule has 2 N–H and O–H groups in total. The Hall–Kier alpha value is -4.37. The number of aromatic nitrogens is 2. The molecule has 7 rings (SSSR count). The van der Waals surface area contributed by atoms with E-state index in [0.29, 0.717) is 53.8 Å². The monoisotopic (exact) mass is 685 g/mol. The number of aliphatic hydroxyl groups is 1. The molecule has 248 valence electrons. The van der Waals surface area contributed by atoms with Crippen LogP contribution in [0.4, 0.5) is 0 Å². The van der Waals surface area contributed by atoms with Crippen molar-refractivity contribution < 1.29 is 24.5 Å². The summed E-state index contributed by atoms with van der Waals surface area (Å²) in [7, 11) is 0. The third kappa shape index (κ3) is 6.92. The van der Waals surface area contributed by atoms with Crippen LogP contribution in [0.5, 0.6) is 5.75 Å². The lowest BCUT2D eigenvalue weighted by molar-refractivity contribution is 0.0545. The molecule has 2 fully saturated rings. The van der Waals surface area contributed by atoms with Gasteiger partial charge in [0.1, 0.15) is 18.2 Å². The summed E-state index contributed by atoms with van der Waals surface area (Å²) in [5.41, 5.74) is 6.16. The zero-order chi connectivity index (χ0) is 32.5. The number of aromatic carboxylic acids is 1. The highest BCUT2D eigenvalue weighted by Gasteiger charge is 2.25. The fourth-order valence-electron chi connectivity index (χ4n) is 6.84. The van der Waals surface area contributed by atoms with E-state index in [-0.39, 0.29) is 36.6 Å². The second-order valence-electron chi connectivity index (χ2n) is 12.5. The molecule has 10 heteroatoms. The first-order chi connectivity index (χ1) is 22.8. The number of hydrogen-bond acceptors (Lipinski definition) is 5. The molecule has 0 unspecified atom stereocenters. The number of carboxylic acid groups (broad SMARTS) is 1. The summed E-state index contributed by atoms with van der Waals surface area (Å²) in [6, 6.07) is 26.6. The topological polar surface area (TPSA) is 105 Å². The van der Waals surface area contributed by atoms with Crippen molar-refractivity contribution in [1.82, 2.24) is 14.5 Å². The molecule has 1 aliphatic heterocycles. The number of hydrogen-bond donors (Lipinski definition) is 2. The quantitative estimate of drug-likeness (QED) is 0.170. The van der Waals surface area contributed by atoms with Crippen molar-refractivity contribution >= 4 is 46.9 Å². The Morgan fingerprint density at radius 3 is 2.19 bits per heavy atom. The molecule has 2 heterocycles. The van der Waals surface area contributed by atoms with Crippen molar-refractivity contribution in [2.45, 2.75) is 57.3 Å². The molecule has 1 amide bonds. The molecule has 0 bridgehead atoms. The van der Waals surface area contributed by atoms with Gasteiger partial charge < -0.3 is 24.4 Å². The normalized spacial score (nSPS) is 15.4. The lowest BCUT2D eigenvalue weighted by atomic mass is 9.97. The van der Waals surface area contributed by atoms with Crippen LogP contribution in [0.1, 0.15) is 70.8 Å². The van der Waals surface area contributed by atoms with Gasteiger partial charge >= 0.3 is 5.97 Å². The van der Waals surface area contributed by atoms with Crippen LogP contribution in [-0.2, 0) is 6.61 Å². The second-order valence-corrected chi connectivity index (χ2v) is 12.9. The number of carbonyl (C=O) groups excluding carboxylic acids is 1. The van der Waals surface area contributed by atoms with Crippen molar-refractivity contribution in [1.29, 1.82) is 0 Å². The molecule has 1 aromatic heterocycles. The minimum atomic E-state index is -0.967. The van der Waals surface area contributed by atoms with Gasteiger partial charge in [-0.1, -0.05) is 42.6 Å². The van der Waals surface area contributed by atoms with E-state index in [0.717, 1.165) is 59.3 Å². The molecule has 5 aromatic rings. The number of halogens is 2. The van der Waals surface area contributed by atoms with Crippen molar-refractivity contribution in [2.24, 2.45) is 0 Å². The van der Waals surface area contributed by atoms with E-state index in [9.17, 15) is 19.8 Å². The van der Waals surface area contributed by atoms with E-state index in [1.54, 1.807) is 17.0 Å². The molecule has 1 saturated carbocycles. The highest BCUT2D eigenvalue weighted by molar-refractivity contribution is 6.30. The molecule has 2 aliphatic rings. The van der Waals surface area contributed by atoms with Crippen LogP contribution in [0.25, 0.3) is 33.5 Å². The van der Waals surface area contributed by atoms with Gasteiger partial charge in [0.15, 0.2) is 0 Å². The molecule has 0 atom stereocenters. The lowest BCUT2D eigenvalue weighted by Crippen LogP contribution is -2.40. The molecule has 0 spiro atoms. The smallest absolute Gasteiger partial charge is 0.335 e. The number of piperidine rings is 1. The van der Waals surface area contributed by atoms with Gasteiger partial charge in [-0.3, -0.25) is 4.79 Å². The van der Waals surface area contributed by atoms with Crippen LogP contribution < -0.4 is 4.74 Å². The predicted molar refractivity (Wildman–Crippen MR) is 189 cm³/mol. The third-order valence-corrected chi connectivity index (χ3v) is 9.64. The Labute approximate surface area is 290 Å². The molecule has 1 saturated heterocycles. The van der Waals surface area contributed by atoms with Crippen LogP contribution >= 0.6 is 24.0 Å². The van der Waals surface area contributed by atoms with Crippen molar-refractivity contribution in [3.63, 3.8) is 0 Å². The Balaban J connectivity index is 0.00000401. The molecule has 0 radical (unpaired) electrons. The molecule has 4 aromatic carbocycles. The van der Waals surface area contributed by atoms with E-state index in [1.165, 1.54) is 0 Å². The Bertz CT molecular complexity index is 1930. The maximum atomic E-state index is 13.4. The number of amides is 1. The van der Waals surface area contributed by atoms with Crippen molar-refractivity contribution in [2.75, 3.05) is 13.1 Å². The van der Waals surface area contributed by atoms with E-state index >= 15 is 0 Å². The number of ether oxygens (including phenoxy) is 1. The van der Waals surface area contributed by atoms with Gasteiger partial charge in [0.25, 0.3) is 5.91 Å². The van der Waals surface area contributed by atoms with Gasteiger partial charge in [-0.2, -0.15) is 0 Å². The highest BCUT2D eigenvalue weighted by atomic mass is 35.5. The van der Waals surface area contributed by atoms with Crippen LogP contribution in [0.15, 0.2) is 84.9 Å². The Morgan fingerprint density at radius 1 is 0.833 bits per heavy atom. The standard InChI is InChI=1S/C38H36ClN3O5.ClH/c39-29-11-5-24(6-12-29)33-15-9-26(37(44)41-19-17-31(43)18-20-41)21-28(33)23-47-32-13-7-25(8-14-32)36-40-34-22-27(38(45)46)10-16-35(34)42(36)30-3-1-2-4-30;/h5-16,21-22,30-31,43H,1-4,17-20,23H2,(H,45,46);1H. The number of fused-ring (bicyclic) bond motifs is 1. The number of likely N-dealkylation sites (tertiary alicyclic amines) is 1. The molecule has 1 aliphatic carbocycles. The number of aliphatic hydroxyl groups excluding tert-OH is 1. The minimum absolute atomic E-state index is 0. The second kappa shape index (κ2) is 14.4. The number of carboxylic acids is 1. The predicted octanol–water partition coefficient (Wildman–Crippen LogP) is 8.43. The number of benzene rings is 4. The maximum Gasteiger partial charge on any atom is 0.335 e. The third-order valence-electron chi connectivity index (χ3n) is 9.39. The number of nitrogens with zero attached hydrogens (tertiary/aromatic N) is 3. The summed E-state index contributed by atoms with van der Waals surface area (Å²) < 4.78 is 8.59. The molecular formula is C38H37Cl2N3O5. The zero-order valence-corrected chi connectivity index (χ0v) is 27.9. The average molecular weight is 687 g/mol. The Kier molecular flexibility index (Phi) is 10.1. The fraction of sp³-hybridized carbons (Fsp3) is 0.289. The van der Waals surface area contributed by atoms with Gasteiger partial charge in [0.2, 0.25) is 0 Å². The molecule has 48 heavy (non-hydrogen) atoms. The van der Waals surface area contributed by atoms with Gasteiger partial charge in [-0.25, -0.2) is 9.78 Å². The fourth-order valence-corrected chi connectivity index (χ4v) is 6.96. The first-order valence-electron chi connectivity index (χ1n) is 16.2. The summed E-state index contributed by atoms with van der Waals surface area (Å²) in [5, 5.41) is 20.1. The zero-order valence-electron chi connectivity index (χ0n) is 26.3. The van der Waals surface area contributed by atoms with Crippen molar-refractivity contribution in [3.8, 4) is 28.3 Å². The number of rotatable bonds is 8. The summed E-state index contributed by atoms with van der Waals surface area (Å²) in [4.78, 5) is 31.7. The van der Waals surface area contributed by atoms with Gasteiger partial charge in [-0.05, 0) is 109 Å². The van der Waals surface area contributed by atoms with Gasteiger partial charge in [-0.15, -0.1) is 12.4 Å². The first-order valence-corrected chi connectivity index (χ1v) is 16.6. The first kappa shape index (κ1) is 33.5. The Morgan fingerprint density at radius 2 is 1.50 bits per heavy atom. The average Bonchev–Trinajstić information content (AvgIpc) is 3.76. The lowest BCUT2D eigenvalue weighted by Gasteiger charge is -2.29. The number of imidazole rings is 1. The van der Waals surface area contributed by atoms with Gasteiger partial charge in [0.05, 0.1) is 22.7 Å². The maximum absolute atomic E-state index is 13.4. The van der Waals surface area contributed by atoms with E-state index in [1.807, 2.05) is 72.8 Å². The summed E-state index contributed by atoms with van der Waals surface area (Å²) in [5.74, 6) is 0.480. The SMILES string of the molecule is Cl.O=C(O)c1ccc2c(c1)nc(-c1ccc(OCc3cc(C(=O)N4CCC(O)CC4)ccc3-c3ccc(Cl)cc3)cc1)n2C1CCCC1. The van der Waals surface area contributed by atoms with Crippen molar-refractivity contribution in [3.05, 3.63) is 107 Å². The van der Waals surface area contributed by atoms with E-state index < -0.39 is 5.97 Å². The summed E-state index contributed by atoms with van der Waals surface area (Å²) >= 11 is 6.17. The van der Waals surface area contributed by atoms with E-state index in [4.69, 9.17) is 21.3 Å². The van der Waals surface area contributed by atoms with Crippen LogP contribution in [-0.4, -0.2) is 55.7 Å². The van der Waals surface area contributed by atoms with E-state index in [2.05, 4.69) is 4.57 Å². The van der Waals surface area contributed by atoms with Crippen LogP contribution in [0, 0.1) is 0 Å². The highest BCUT2D eigenvalue weighted by Crippen LogP contribution is 2.38. The van der Waals surface area contributed by atoms with Gasteiger partial charge in [0, 0.05) is 35.3 Å². The molecule has 8 nitrogen and oxygen atoms in total. The summed E-state index contributed by atoms with van der Waals surface area (Å²) in [6.45, 7) is 1.31. The number of carbonyl (C=O) groups is 2. The largest absolute Gasteiger partial charge is 0.489 e. The summed E-state index contributed by atoms with van der Waals surface area (Å²) in [6.07, 6.45) is 5.27. The minimum Gasteiger partial charge on any atom is -0.489 e. The molecular weight excluding hydrogens is 649 g/mol. The van der Waals surface area contributed by atoms with Crippen LogP contribution in [0.2, 0.25) is 5.02 Å².